The van der Waals surface area contributed by atoms with E-state index in [-0.39, 0.29) is 5.91 Å². The average Bonchev–Trinajstić information content (AvgIpc) is 2.87. The number of piperazine rings is 1. The number of nitrogens with one attached hydrogen (secondary N) is 1. The number of likely N-dealkylation sites (N-methyl/N-ethyl adjacent to an activating group) is 1. The molecule has 1 aliphatic heterocycles. The fourth-order valence-corrected chi connectivity index (χ4v) is 4.20. The lowest BCUT2D eigenvalue weighted by Gasteiger charge is -2.32. The van der Waals surface area contributed by atoms with Crippen molar-refractivity contribution in [2.45, 2.75) is 12.8 Å². The molecule has 2 heterocycles. The highest BCUT2D eigenvalue weighted by Crippen LogP contribution is 2.15. The average molecular weight is 455 g/mol. The Morgan fingerprint density at radius 2 is 1.74 bits per heavy atom. The van der Waals surface area contributed by atoms with E-state index in [1.165, 1.54) is 5.56 Å². The van der Waals surface area contributed by atoms with Crippen molar-refractivity contribution in [3.8, 4) is 0 Å². The summed E-state index contributed by atoms with van der Waals surface area (Å²) in [5, 5.41) is 3.09. The van der Waals surface area contributed by atoms with Gasteiger partial charge in [0, 0.05) is 44.5 Å². The molecule has 1 aliphatic rings. The molecule has 0 aliphatic carbocycles. The molecule has 0 bridgehead atoms. The first-order chi connectivity index (χ1) is 16.7. The van der Waals surface area contributed by atoms with E-state index < -0.39 is 0 Å². The van der Waals surface area contributed by atoms with Crippen LogP contribution in [0.2, 0.25) is 0 Å². The molecule has 5 nitrogen and oxygen atoms in total. The number of rotatable bonds is 9. The molecule has 1 saturated heterocycles. The summed E-state index contributed by atoms with van der Waals surface area (Å²) in [5.74, 6) is 0.00673. The van der Waals surface area contributed by atoms with E-state index in [1.54, 1.807) is 6.20 Å². The second-order valence-electron chi connectivity index (χ2n) is 8.96. The Bertz CT molecular complexity index is 1090. The van der Waals surface area contributed by atoms with Gasteiger partial charge in [-0.05, 0) is 73.5 Å². The maximum atomic E-state index is 12.7. The first-order valence-corrected chi connectivity index (χ1v) is 12.1. The van der Waals surface area contributed by atoms with Crippen molar-refractivity contribution < 1.29 is 4.79 Å². The van der Waals surface area contributed by atoms with Crippen LogP contribution in [0.1, 0.15) is 39.2 Å². The molecule has 1 aromatic heterocycles. The van der Waals surface area contributed by atoms with Crippen molar-refractivity contribution in [1.29, 1.82) is 0 Å². The van der Waals surface area contributed by atoms with E-state index >= 15 is 0 Å². The van der Waals surface area contributed by atoms with Crippen molar-refractivity contribution in [2.75, 3.05) is 46.3 Å². The SMILES string of the molecule is CN1CCN(CCCNC(=O)c2cccc(Cc3cccc(/C=C/c4ccccn4)c3)c2)CC1. The number of amides is 1. The Balaban J connectivity index is 1.28. The van der Waals surface area contributed by atoms with Crippen LogP contribution in [0.4, 0.5) is 0 Å². The third-order valence-electron chi connectivity index (χ3n) is 6.22. The maximum absolute atomic E-state index is 12.7. The zero-order chi connectivity index (χ0) is 23.6. The van der Waals surface area contributed by atoms with Crippen LogP contribution in [-0.4, -0.2) is 67.0 Å². The number of carbonyl (C=O) groups excluding carboxylic acids is 1. The molecule has 0 spiro atoms. The summed E-state index contributed by atoms with van der Waals surface area (Å²) in [6.07, 6.45) is 7.67. The van der Waals surface area contributed by atoms with Gasteiger partial charge in [-0.2, -0.15) is 0 Å². The van der Waals surface area contributed by atoms with Gasteiger partial charge in [0.2, 0.25) is 0 Å². The zero-order valence-corrected chi connectivity index (χ0v) is 20.0. The predicted molar refractivity (Wildman–Crippen MR) is 140 cm³/mol. The molecular weight excluding hydrogens is 420 g/mol. The van der Waals surface area contributed by atoms with Crippen LogP contribution in [0, 0.1) is 0 Å². The fraction of sp³-hybridized carbons (Fsp3) is 0.310. The second kappa shape index (κ2) is 12.3. The highest BCUT2D eigenvalue weighted by atomic mass is 16.1. The van der Waals surface area contributed by atoms with Gasteiger partial charge in [-0.1, -0.05) is 48.5 Å². The van der Waals surface area contributed by atoms with Crippen LogP contribution in [0.15, 0.2) is 72.9 Å². The molecule has 0 radical (unpaired) electrons. The second-order valence-corrected chi connectivity index (χ2v) is 8.96. The lowest BCUT2D eigenvalue weighted by atomic mass is 10.0. The van der Waals surface area contributed by atoms with Gasteiger partial charge in [0.25, 0.3) is 5.91 Å². The standard InChI is InChI=1S/C29H34N4O/c1-32-17-19-33(20-18-32)16-6-15-31-29(34)27-10-5-9-26(23-27)22-25-8-4-7-24(21-25)12-13-28-11-2-3-14-30-28/h2-5,7-14,21,23H,6,15-20,22H2,1H3,(H,31,34)/b13-12+. The lowest BCUT2D eigenvalue weighted by Crippen LogP contribution is -2.45. The number of hydrogen-bond donors (Lipinski definition) is 1. The smallest absolute Gasteiger partial charge is 0.251 e. The molecule has 0 atom stereocenters. The molecule has 0 saturated carbocycles. The summed E-state index contributed by atoms with van der Waals surface area (Å²) in [7, 11) is 2.17. The summed E-state index contributed by atoms with van der Waals surface area (Å²) < 4.78 is 0. The molecule has 34 heavy (non-hydrogen) atoms. The molecule has 0 unspecified atom stereocenters. The highest BCUT2D eigenvalue weighted by molar-refractivity contribution is 5.94. The number of benzene rings is 2. The number of carbonyl (C=O) groups is 1. The van der Waals surface area contributed by atoms with E-state index in [9.17, 15) is 4.79 Å². The summed E-state index contributed by atoms with van der Waals surface area (Å²) >= 11 is 0. The largest absolute Gasteiger partial charge is 0.352 e. The van der Waals surface area contributed by atoms with Crippen molar-refractivity contribution in [1.82, 2.24) is 20.1 Å². The van der Waals surface area contributed by atoms with Gasteiger partial charge >= 0.3 is 0 Å². The van der Waals surface area contributed by atoms with E-state index in [1.807, 2.05) is 42.5 Å². The first kappa shape index (κ1) is 23.9. The van der Waals surface area contributed by atoms with E-state index in [2.05, 4.69) is 63.6 Å². The topological polar surface area (TPSA) is 48.5 Å². The van der Waals surface area contributed by atoms with Crippen molar-refractivity contribution in [3.05, 3.63) is 101 Å². The summed E-state index contributed by atoms with van der Waals surface area (Å²) in [5.41, 5.74) is 5.15. The van der Waals surface area contributed by atoms with E-state index in [0.717, 1.165) is 67.9 Å². The molecule has 3 aromatic rings. The number of aromatic nitrogens is 1. The monoisotopic (exact) mass is 454 g/mol. The van der Waals surface area contributed by atoms with Crippen LogP contribution in [0.5, 0.6) is 0 Å². The third-order valence-corrected chi connectivity index (χ3v) is 6.22. The predicted octanol–water partition coefficient (Wildman–Crippen LogP) is 4.21. The molecule has 1 N–H and O–H groups in total. The van der Waals surface area contributed by atoms with Crippen molar-refractivity contribution in [2.24, 2.45) is 0 Å². The maximum Gasteiger partial charge on any atom is 0.251 e. The van der Waals surface area contributed by atoms with Gasteiger partial charge in [-0.25, -0.2) is 0 Å². The number of pyridine rings is 1. The van der Waals surface area contributed by atoms with Crippen LogP contribution in [0.3, 0.4) is 0 Å². The van der Waals surface area contributed by atoms with Gasteiger partial charge in [-0.3, -0.25) is 9.78 Å². The van der Waals surface area contributed by atoms with Crippen molar-refractivity contribution >= 4 is 18.1 Å². The summed E-state index contributed by atoms with van der Waals surface area (Å²) in [6, 6.07) is 22.3. The van der Waals surface area contributed by atoms with Gasteiger partial charge in [0.05, 0.1) is 5.69 Å². The minimum Gasteiger partial charge on any atom is -0.352 e. The van der Waals surface area contributed by atoms with Crippen LogP contribution in [-0.2, 0) is 6.42 Å². The quantitative estimate of drug-likeness (QED) is 0.492. The van der Waals surface area contributed by atoms with Gasteiger partial charge < -0.3 is 15.1 Å². The minimum atomic E-state index is 0.00673. The molecule has 2 aromatic carbocycles. The Morgan fingerprint density at radius 1 is 0.941 bits per heavy atom. The molecule has 5 heteroatoms. The summed E-state index contributed by atoms with van der Waals surface area (Å²) in [4.78, 5) is 21.8. The third kappa shape index (κ3) is 7.37. The van der Waals surface area contributed by atoms with Gasteiger partial charge in [0.15, 0.2) is 0 Å². The van der Waals surface area contributed by atoms with Crippen LogP contribution >= 0.6 is 0 Å². The zero-order valence-electron chi connectivity index (χ0n) is 20.0. The molecule has 4 rings (SSSR count). The fourth-order valence-electron chi connectivity index (χ4n) is 4.20. The van der Waals surface area contributed by atoms with Crippen LogP contribution in [0.25, 0.3) is 12.2 Å². The Kier molecular flexibility index (Phi) is 8.60. The Labute approximate surface area is 203 Å². The first-order valence-electron chi connectivity index (χ1n) is 12.1. The molecule has 1 fully saturated rings. The van der Waals surface area contributed by atoms with Crippen molar-refractivity contribution in [3.63, 3.8) is 0 Å². The minimum absolute atomic E-state index is 0.00673. The molecule has 1 amide bonds. The Hall–Kier alpha value is -3.28. The Morgan fingerprint density at radius 3 is 2.53 bits per heavy atom. The molecule has 176 valence electrons. The number of hydrogen-bond acceptors (Lipinski definition) is 4. The van der Waals surface area contributed by atoms with E-state index in [4.69, 9.17) is 0 Å². The lowest BCUT2D eigenvalue weighted by molar-refractivity contribution is 0.0949. The van der Waals surface area contributed by atoms with E-state index in [0.29, 0.717) is 6.54 Å². The van der Waals surface area contributed by atoms with Gasteiger partial charge in [0.1, 0.15) is 0 Å². The highest BCUT2D eigenvalue weighted by Gasteiger charge is 2.13. The van der Waals surface area contributed by atoms with Crippen LogP contribution < -0.4 is 5.32 Å². The number of nitrogens with zero attached hydrogens (tertiary/aromatic N) is 3. The van der Waals surface area contributed by atoms with Gasteiger partial charge in [-0.15, -0.1) is 0 Å². The summed E-state index contributed by atoms with van der Waals surface area (Å²) in [6.45, 7) is 6.24. The normalized spacial score (nSPS) is 15.0. The molecular formula is C29H34N4O.